The Morgan fingerprint density at radius 3 is 2.76 bits per heavy atom. The van der Waals surface area contributed by atoms with Gasteiger partial charge in [-0.25, -0.2) is 4.98 Å². The summed E-state index contributed by atoms with van der Waals surface area (Å²) in [5.41, 5.74) is -0.0754. The van der Waals surface area contributed by atoms with E-state index in [1.165, 1.54) is 0 Å². The van der Waals surface area contributed by atoms with Gasteiger partial charge in [-0.15, -0.1) is 0 Å². The minimum Gasteiger partial charge on any atom is -0.493 e. The van der Waals surface area contributed by atoms with Crippen molar-refractivity contribution in [3.8, 4) is 17.2 Å². The summed E-state index contributed by atoms with van der Waals surface area (Å²) in [6, 6.07) is 13.0. The molecule has 4 rings (SSSR count). The summed E-state index contributed by atoms with van der Waals surface area (Å²) in [4.78, 5) is 6.21. The molecule has 1 N–H and O–H groups in total. The molecule has 2 heterocycles. The molecular formula is C25H30ClN3O5. The topological polar surface area (TPSA) is 78.2 Å². The van der Waals surface area contributed by atoms with Crippen LogP contribution in [0.1, 0.15) is 5.56 Å². The van der Waals surface area contributed by atoms with Crippen molar-refractivity contribution >= 4 is 11.6 Å². The van der Waals surface area contributed by atoms with Crippen LogP contribution in [0.4, 0.5) is 0 Å². The zero-order chi connectivity index (χ0) is 23.8. The van der Waals surface area contributed by atoms with Crippen LogP contribution in [0.25, 0.3) is 0 Å². The third kappa shape index (κ3) is 6.87. The predicted octanol–water partition coefficient (Wildman–Crippen LogP) is 3.27. The van der Waals surface area contributed by atoms with E-state index < -0.39 is 5.60 Å². The minimum atomic E-state index is -1.13. The number of ether oxygens (including phenoxy) is 4. The van der Waals surface area contributed by atoms with Gasteiger partial charge in [-0.1, -0.05) is 17.7 Å². The van der Waals surface area contributed by atoms with Gasteiger partial charge in [-0.2, -0.15) is 0 Å². The fourth-order valence-corrected chi connectivity index (χ4v) is 3.96. The fourth-order valence-electron chi connectivity index (χ4n) is 3.84. The van der Waals surface area contributed by atoms with Crippen LogP contribution < -0.4 is 14.2 Å². The van der Waals surface area contributed by atoms with Crippen LogP contribution in [0.2, 0.25) is 5.02 Å². The van der Waals surface area contributed by atoms with E-state index in [1.807, 2.05) is 29.0 Å². The molecule has 34 heavy (non-hydrogen) atoms. The first kappa shape index (κ1) is 24.3. The largest absolute Gasteiger partial charge is 0.493 e. The van der Waals surface area contributed by atoms with Crippen LogP contribution in [-0.2, 0) is 17.8 Å². The quantitative estimate of drug-likeness (QED) is 0.470. The number of nitrogens with zero attached hydrogens (tertiary/aromatic N) is 3. The molecule has 1 fully saturated rings. The molecule has 0 bridgehead atoms. The molecule has 1 aliphatic rings. The van der Waals surface area contributed by atoms with Gasteiger partial charge in [0.25, 0.3) is 0 Å². The number of hydrogen-bond donors (Lipinski definition) is 1. The Labute approximate surface area is 204 Å². The molecule has 9 heteroatoms. The molecule has 0 radical (unpaired) electrons. The lowest BCUT2D eigenvalue weighted by Gasteiger charge is -2.30. The van der Waals surface area contributed by atoms with Gasteiger partial charge in [-0.05, 0) is 42.0 Å². The Bertz CT molecular complexity index is 1030. The van der Waals surface area contributed by atoms with Crippen molar-refractivity contribution in [2.45, 2.75) is 18.7 Å². The zero-order valence-corrected chi connectivity index (χ0v) is 20.0. The molecule has 0 saturated carbocycles. The number of aromatic nitrogens is 2. The Hall–Kier alpha value is -2.78. The highest BCUT2D eigenvalue weighted by atomic mass is 35.5. The molecule has 3 aromatic rings. The smallest absolute Gasteiger partial charge is 0.161 e. The van der Waals surface area contributed by atoms with Gasteiger partial charge in [-0.3, -0.25) is 4.90 Å². The number of benzene rings is 2. The van der Waals surface area contributed by atoms with E-state index in [2.05, 4.69) is 9.88 Å². The van der Waals surface area contributed by atoms with E-state index in [9.17, 15) is 5.11 Å². The number of halogens is 1. The van der Waals surface area contributed by atoms with Crippen LogP contribution in [0.3, 0.4) is 0 Å². The molecule has 1 saturated heterocycles. The second-order valence-corrected chi connectivity index (χ2v) is 8.80. The molecule has 2 aromatic carbocycles. The van der Waals surface area contributed by atoms with Crippen LogP contribution in [0, 0.1) is 0 Å². The number of imidazole rings is 1. The maximum atomic E-state index is 11.2. The number of β-amino-alcohol motifs (C(OH)–C–C–N with tert-alkyl or cyclic N) is 1. The van der Waals surface area contributed by atoms with Crippen molar-refractivity contribution in [1.82, 2.24) is 14.5 Å². The van der Waals surface area contributed by atoms with E-state index in [0.717, 1.165) is 5.56 Å². The number of rotatable bonds is 10. The molecule has 1 atom stereocenters. The molecule has 0 unspecified atom stereocenters. The SMILES string of the molecule is COc1ccc(CN2CCOC[C@](O)(COc3ccc(Cl)cc3)C2)cc1OCCn1ccnc1. The van der Waals surface area contributed by atoms with Crippen molar-refractivity contribution in [3.63, 3.8) is 0 Å². The summed E-state index contributed by atoms with van der Waals surface area (Å²) in [5, 5.41) is 11.8. The Morgan fingerprint density at radius 1 is 1.15 bits per heavy atom. The summed E-state index contributed by atoms with van der Waals surface area (Å²) in [6.07, 6.45) is 5.40. The highest BCUT2D eigenvalue weighted by Crippen LogP contribution is 2.29. The first-order valence-corrected chi connectivity index (χ1v) is 11.6. The third-order valence-electron chi connectivity index (χ3n) is 5.56. The minimum absolute atomic E-state index is 0.121. The molecule has 0 amide bonds. The van der Waals surface area contributed by atoms with Crippen LogP contribution in [0.15, 0.2) is 61.2 Å². The lowest BCUT2D eigenvalue weighted by Crippen LogP contribution is -2.48. The van der Waals surface area contributed by atoms with Crippen molar-refractivity contribution in [3.05, 3.63) is 71.8 Å². The lowest BCUT2D eigenvalue weighted by atomic mass is 10.1. The second-order valence-electron chi connectivity index (χ2n) is 8.36. The highest BCUT2D eigenvalue weighted by Gasteiger charge is 2.33. The van der Waals surface area contributed by atoms with Gasteiger partial charge in [0.05, 0.1) is 33.2 Å². The molecular weight excluding hydrogens is 458 g/mol. The molecule has 0 aliphatic carbocycles. The molecule has 0 spiro atoms. The molecule has 8 nitrogen and oxygen atoms in total. The standard InChI is InChI=1S/C25H30ClN3O5/c1-31-23-7-2-20(14-24(23)33-13-11-28-9-8-27-19-28)15-29-10-12-32-17-25(30,16-29)18-34-22-5-3-21(26)4-6-22/h2-9,14,19,30H,10-13,15-18H2,1H3/t25-/m0/s1. The first-order valence-electron chi connectivity index (χ1n) is 11.2. The first-order chi connectivity index (χ1) is 16.5. The van der Waals surface area contributed by atoms with E-state index in [0.29, 0.717) is 61.7 Å². The summed E-state index contributed by atoms with van der Waals surface area (Å²) in [6.45, 7) is 3.81. The third-order valence-corrected chi connectivity index (χ3v) is 5.81. The average molecular weight is 488 g/mol. The van der Waals surface area contributed by atoms with Gasteiger partial charge < -0.3 is 28.6 Å². The van der Waals surface area contributed by atoms with Crippen LogP contribution >= 0.6 is 11.6 Å². The Morgan fingerprint density at radius 2 is 2.00 bits per heavy atom. The molecule has 1 aliphatic heterocycles. The number of methoxy groups -OCH3 is 1. The average Bonchev–Trinajstić information content (AvgIpc) is 3.28. The number of hydrogen-bond acceptors (Lipinski definition) is 7. The van der Waals surface area contributed by atoms with E-state index in [-0.39, 0.29) is 13.2 Å². The maximum absolute atomic E-state index is 11.2. The van der Waals surface area contributed by atoms with Gasteiger partial charge >= 0.3 is 0 Å². The van der Waals surface area contributed by atoms with Crippen molar-refractivity contribution < 1.29 is 24.1 Å². The van der Waals surface area contributed by atoms with Gasteiger partial charge in [0, 0.05) is 37.1 Å². The van der Waals surface area contributed by atoms with Crippen molar-refractivity contribution in [2.24, 2.45) is 0 Å². The Kier molecular flexibility index (Phi) is 8.29. The molecule has 182 valence electrons. The molecule has 1 aromatic heterocycles. The maximum Gasteiger partial charge on any atom is 0.161 e. The predicted molar refractivity (Wildman–Crippen MR) is 129 cm³/mol. The van der Waals surface area contributed by atoms with Crippen molar-refractivity contribution in [1.29, 1.82) is 0 Å². The normalized spacial score (nSPS) is 18.9. The summed E-state index contributed by atoms with van der Waals surface area (Å²) >= 11 is 5.94. The van der Waals surface area contributed by atoms with Crippen LogP contribution in [-0.4, -0.2) is 71.8 Å². The van der Waals surface area contributed by atoms with E-state index in [4.69, 9.17) is 30.5 Å². The van der Waals surface area contributed by atoms with Gasteiger partial charge in [0.15, 0.2) is 11.5 Å². The van der Waals surface area contributed by atoms with Crippen LogP contribution in [0.5, 0.6) is 17.2 Å². The number of aliphatic hydroxyl groups is 1. The zero-order valence-electron chi connectivity index (χ0n) is 19.2. The van der Waals surface area contributed by atoms with Gasteiger partial charge in [0.1, 0.15) is 24.6 Å². The van der Waals surface area contributed by atoms with Gasteiger partial charge in [0.2, 0.25) is 0 Å². The van der Waals surface area contributed by atoms with E-state index in [1.54, 1.807) is 43.9 Å². The summed E-state index contributed by atoms with van der Waals surface area (Å²) < 4.78 is 24.9. The van der Waals surface area contributed by atoms with E-state index >= 15 is 0 Å². The summed E-state index contributed by atoms with van der Waals surface area (Å²) in [7, 11) is 1.63. The monoisotopic (exact) mass is 487 g/mol. The van der Waals surface area contributed by atoms with Crippen molar-refractivity contribution in [2.75, 3.05) is 46.6 Å². The highest BCUT2D eigenvalue weighted by molar-refractivity contribution is 6.30. The lowest BCUT2D eigenvalue weighted by molar-refractivity contribution is -0.0646. The summed E-state index contributed by atoms with van der Waals surface area (Å²) in [5.74, 6) is 2.02. The fraction of sp³-hybridized carbons (Fsp3) is 0.400. The second kappa shape index (κ2) is 11.6. The Balaban J connectivity index is 1.37.